The number of piperidine rings is 1. The fourth-order valence-corrected chi connectivity index (χ4v) is 4.90. The summed E-state index contributed by atoms with van der Waals surface area (Å²) in [4.78, 5) is 35.9. The van der Waals surface area contributed by atoms with Crippen LogP contribution in [0.25, 0.3) is 0 Å². The molecule has 176 valence electrons. The van der Waals surface area contributed by atoms with Gasteiger partial charge >= 0.3 is 5.97 Å². The summed E-state index contributed by atoms with van der Waals surface area (Å²) >= 11 is 0. The highest BCUT2D eigenvalue weighted by Gasteiger charge is 2.26. The van der Waals surface area contributed by atoms with Crippen molar-refractivity contribution in [2.45, 2.75) is 44.1 Å². The van der Waals surface area contributed by atoms with E-state index in [2.05, 4.69) is 10.6 Å². The number of sulfonamides is 1. The van der Waals surface area contributed by atoms with Gasteiger partial charge in [0.2, 0.25) is 15.9 Å². The van der Waals surface area contributed by atoms with Gasteiger partial charge in [-0.2, -0.15) is 4.31 Å². The number of nitrogens with one attached hydrogen (secondary N) is 2. The molecule has 1 unspecified atom stereocenters. The molecule has 2 aromatic rings. The third-order valence-corrected chi connectivity index (χ3v) is 7.08. The molecule has 0 aromatic heterocycles. The first-order valence-electron chi connectivity index (χ1n) is 10.7. The summed E-state index contributed by atoms with van der Waals surface area (Å²) < 4.78 is 32.1. The minimum absolute atomic E-state index is 0.171. The van der Waals surface area contributed by atoms with Gasteiger partial charge in [-0.15, -0.1) is 0 Å². The van der Waals surface area contributed by atoms with Crippen molar-refractivity contribution in [3.63, 3.8) is 0 Å². The third kappa shape index (κ3) is 6.39. The van der Waals surface area contributed by atoms with Crippen LogP contribution in [0.3, 0.4) is 0 Å². The predicted molar refractivity (Wildman–Crippen MR) is 123 cm³/mol. The molecule has 10 heteroatoms. The van der Waals surface area contributed by atoms with E-state index in [4.69, 9.17) is 4.74 Å². The van der Waals surface area contributed by atoms with Gasteiger partial charge < -0.3 is 15.4 Å². The van der Waals surface area contributed by atoms with Crippen LogP contribution in [0.5, 0.6) is 0 Å². The number of amides is 2. The van der Waals surface area contributed by atoms with Crippen molar-refractivity contribution in [3.05, 3.63) is 54.1 Å². The summed E-state index contributed by atoms with van der Waals surface area (Å²) in [6.07, 6.45) is 1.65. The van der Waals surface area contributed by atoms with Crippen molar-refractivity contribution in [2.24, 2.45) is 0 Å². The molecule has 9 nitrogen and oxygen atoms in total. The molecule has 1 saturated heterocycles. The Balaban J connectivity index is 1.57. The topological polar surface area (TPSA) is 122 Å². The fourth-order valence-electron chi connectivity index (χ4n) is 3.38. The third-order valence-electron chi connectivity index (χ3n) is 5.17. The number of nitrogens with zero attached hydrogens (tertiary/aromatic N) is 1. The van der Waals surface area contributed by atoms with E-state index in [9.17, 15) is 22.8 Å². The molecule has 2 aromatic carbocycles. The van der Waals surface area contributed by atoms with Gasteiger partial charge in [0.1, 0.15) is 0 Å². The minimum Gasteiger partial charge on any atom is -0.449 e. The number of anilines is 2. The van der Waals surface area contributed by atoms with Crippen LogP contribution in [0.4, 0.5) is 11.4 Å². The minimum atomic E-state index is -3.55. The second kappa shape index (κ2) is 10.6. The average molecular weight is 474 g/mol. The smallest absolute Gasteiger partial charge is 0.338 e. The lowest BCUT2D eigenvalue weighted by molar-refractivity contribution is -0.123. The van der Waals surface area contributed by atoms with E-state index >= 15 is 0 Å². The van der Waals surface area contributed by atoms with Crippen LogP contribution in [0.15, 0.2) is 53.4 Å². The Morgan fingerprint density at radius 3 is 2.00 bits per heavy atom. The zero-order valence-electron chi connectivity index (χ0n) is 18.5. The predicted octanol–water partition coefficient (Wildman–Crippen LogP) is 3.00. The maximum absolute atomic E-state index is 12.7. The zero-order valence-corrected chi connectivity index (χ0v) is 19.4. The lowest BCUT2D eigenvalue weighted by Crippen LogP contribution is -2.35. The molecule has 1 heterocycles. The Morgan fingerprint density at radius 1 is 0.879 bits per heavy atom. The van der Waals surface area contributed by atoms with E-state index in [-0.39, 0.29) is 16.4 Å². The number of hydrogen-bond donors (Lipinski definition) is 2. The summed E-state index contributed by atoms with van der Waals surface area (Å²) in [6, 6.07) is 12.0. The Hall–Kier alpha value is -3.24. The summed E-state index contributed by atoms with van der Waals surface area (Å²) in [5, 5.41) is 5.21. The van der Waals surface area contributed by atoms with Crippen LogP contribution in [0.2, 0.25) is 0 Å². The lowest BCUT2D eigenvalue weighted by Gasteiger charge is -2.25. The summed E-state index contributed by atoms with van der Waals surface area (Å²) in [6.45, 7) is 3.84. The molecule has 0 spiro atoms. The van der Waals surface area contributed by atoms with E-state index in [1.165, 1.54) is 54.6 Å². The normalized spacial score (nSPS) is 15.3. The van der Waals surface area contributed by atoms with Gasteiger partial charge in [0, 0.05) is 31.4 Å². The first kappa shape index (κ1) is 24.4. The molecule has 33 heavy (non-hydrogen) atoms. The summed E-state index contributed by atoms with van der Waals surface area (Å²) in [5.74, 6) is -1.47. The number of benzene rings is 2. The Morgan fingerprint density at radius 2 is 1.42 bits per heavy atom. The summed E-state index contributed by atoms with van der Waals surface area (Å²) in [7, 11) is -3.55. The number of ether oxygens (including phenoxy) is 1. The van der Waals surface area contributed by atoms with Crippen LogP contribution in [0.1, 0.15) is 43.5 Å². The van der Waals surface area contributed by atoms with Crippen molar-refractivity contribution in [1.82, 2.24) is 4.31 Å². The van der Waals surface area contributed by atoms with E-state index < -0.39 is 28.0 Å². The van der Waals surface area contributed by atoms with Gasteiger partial charge in [0.15, 0.2) is 6.10 Å². The van der Waals surface area contributed by atoms with Crippen LogP contribution in [-0.2, 0) is 24.3 Å². The van der Waals surface area contributed by atoms with Crippen LogP contribution in [-0.4, -0.2) is 49.7 Å². The highest BCUT2D eigenvalue weighted by atomic mass is 32.2. The van der Waals surface area contributed by atoms with E-state index in [1.54, 1.807) is 12.1 Å². The number of rotatable bonds is 7. The second-order valence-electron chi connectivity index (χ2n) is 7.78. The van der Waals surface area contributed by atoms with Crippen LogP contribution < -0.4 is 10.6 Å². The molecule has 1 atom stereocenters. The highest BCUT2D eigenvalue weighted by molar-refractivity contribution is 7.89. The molecule has 0 saturated carbocycles. The highest BCUT2D eigenvalue weighted by Crippen LogP contribution is 2.22. The van der Waals surface area contributed by atoms with Gasteiger partial charge in [0.25, 0.3) is 5.91 Å². The molecule has 0 radical (unpaired) electrons. The Kier molecular flexibility index (Phi) is 7.83. The van der Waals surface area contributed by atoms with E-state index in [0.717, 1.165) is 19.3 Å². The van der Waals surface area contributed by atoms with Crippen molar-refractivity contribution >= 4 is 39.2 Å². The van der Waals surface area contributed by atoms with Crippen LogP contribution >= 0.6 is 0 Å². The fraction of sp³-hybridized carbons (Fsp3) is 0.348. The van der Waals surface area contributed by atoms with Gasteiger partial charge in [-0.05, 0) is 68.3 Å². The Labute approximate surface area is 193 Å². The van der Waals surface area contributed by atoms with Crippen molar-refractivity contribution in [2.75, 3.05) is 23.7 Å². The Bertz CT molecular complexity index is 1110. The lowest BCUT2D eigenvalue weighted by atomic mass is 10.2. The van der Waals surface area contributed by atoms with E-state index in [1.807, 2.05) is 0 Å². The van der Waals surface area contributed by atoms with Gasteiger partial charge in [-0.3, -0.25) is 9.59 Å². The maximum Gasteiger partial charge on any atom is 0.338 e. The first-order chi connectivity index (χ1) is 15.7. The molecular formula is C23H27N3O6S. The number of carbonyl (C=O) groups excluding carboxylic acids is 3. The number of hydrogen-bond acceptors (Lipinski definition) is 6. The SMILES string of the molecule is CC(=O)Nc1ccc(C(=O)OC(C)C(=O)Nc2ccc(S(=O)(=O)N3CCCCC3)cc2)cc1. The molecule has 3 rings (SSSR count). The molecule has 0 aliphatic carbocycles. The molecule has 0 bridgehead atoms. The van der Waals surface area contributed by atoms with Crippen molar-refractivity contribution < 1.29 is 27.5 Å². The van der Waals surface area contributed by atoms with Crippen molar-refractivity contribution in [1.29, 1.82) is 0 Å². The maximum atomic E-state index is 12.7. The molecule has 1 aliphatic rings. The number of esters is 1. The molecule has 1 aliphatic heterocycles. The van der Waals surface area contributed by atoms with E-state index in [0.29, 0.717) is 24.5 Å². The molecular weight excluding hydrogens is 446 g/mol. The molecule has 2 amide bonds. The van der Waals surface area contributed by atoms with Gasteiger partial charge in [0.05, 0.1) is 10.5 Å². The standard InChI is InChI=1S/C23H27N3O6S/c1-16(32-23(29)18-6-8-19(9-7-18)24-17(2)27)22(28)25-20-10-12-21(13-11-20)33(30,31)26-14-4-3-5-15-26/h6-13,16H,3-5,14-15H2,1-2H3,(H,24,27)(H,25,28). The largest absolute Gasteiger partial charge is 0.449 e. The summed E-state index contributed by atoms with van der Waals surface area (Å²) in [5.41, 5.74) is 1.16. The average Bonchev–Trinajstić information content (AvgIpc) is 2.80. The second-order valence-corrected chi connectivity index (χ2v) is 9.72. The quantitative estimate of drug-likeness (QED) is 0.596. The van der Waals surface area contributed by atoms with Crippen LogP contribution in [0, 0.1) is 0 Å². The zero-order chi connectivity index (χ0) is 24.0. The number of carbonyl (C=O) groups is 3. The van der Waals surface area contributed by atoms with Gasteiger partial charge in [-0.25, -0.2) is 13.2 Å². The van der Waals surface area contributed by atoms with Crippen molar-refractivity contribution in [3.8, 4) is 0 Å². The first-order valence-corrected chi connectivity index (χ1v) is 12.1. The monoisotopic (exact) mass is 473 g/mol. The van der Waals surface area contributed by atoms with Gasteiger partial charge in [-0.1, -0.05) is 6.42 Å². The molecule has 2 N–H and O–H groups in total. The molecule has 1 fully saturated rings.